The van der Waals surface area contributed by atoms with Crippen molar-refractivity contribution in [1.82, 2.24) is 0 Å². The van der Waals surface area contributed by atoms with Crippen LogP contribution in [0.4, 0.5) is 0 Å². The van der Waals surface area contributed by atoms with Crippen LogP contribution in [0.3, 0.4) is 0 Å². The van der Waals surface area contributed by atoms with E-state index in [1.165, 1.54) is 10.5 Å². The standard InChI is InChI=1S/C23H29NO3.C4H4O4/c1-24-16-14-23(15-17-24,22(25)27-21-11-6-3-7-12-21)13-8-18-26-19-20-9-4-2-5-10-20;5-3(6)1-2-4(7)8/h2-7,9-12H,8,13-19H2,1H3;1-2H,(H,5,6)(H,7,8)/b;2-1+. The van der Waals surface area contributed by atoms with Crippen LogP contribution in [0.15, 0.2) is 72.8 Å². The molecule has 0 saturated carbocycles. The number of piperidine rings is 1. The Morgan fingerprint density at radius 2 is 1.60 bits per heavy atom. The van der Waals surface area contributed by atoms with Crippen molar-refractivity contribution in [3.8, 4) is 5.75 Å². The highest BCUT2D eigenvalue weighted by Gasteiger charge is 2.43. The summed E-state index contributed by atoms with van der Waals surface area (Å²) in [6.07, 6.45) is 4.39. The Morgan fingerprint density at radius 3 is 2.14 bits per heavy atom. The van der Waals surface area contributed by atoms with E-state index >= 15 is 0 Å². The lowest BCUT2D eigenvalue weighted by Gasteiger charge is -2.36. The SMILES string of the molecule is C[NH+]1CCC(CCCOCc2ccccc2)(C(=O)Oc2ccccc2)CC1.O=C([O-])/C=C/C(=O)O. The van der Waals surface area contributed by atoms with Crippen LogP contribution in [-0.2, 0) is 25.7 Å². The Kier molecular flexibility index (Phi) is 11.7. The second-order valence-corrected chi connectivity index (χ2v) is 8.57. The summed E-state index contributed by atoms with van der Waals surface area (Å²) in [5.74, 6) is -2.25. The van der Waals surface area contributed by atoms with Crippen molar-refractivity contribution in [2.45, 2.75) is 32.3 Å². The summed E-state index contributed by atoms with van der Waals surface area (Å²) in [4.78, 5) is 33.5. The summed E-state index contributed by atoms with van der Waals surface area (Å²) in [5.41, 5.74) is 0.796. The van der Waals surface area contributed by atoms with Gasteiger partial charge in [-0.25, -0.2) is 4.79 Å². The van der Waals surface area contributed by atoms with E-state index in [1.807, 2.05) is 48.5 Å². The van der Waals surface area contributed by atoms with E-state index in [-0.39, 0.29) is 11.4 Å². The van der Waals surface area contributed by atoms with Gasteiger partial charge in [0.25, 0.3) is 0 Å². The first-order chi connectivity index (χ1) is 16.8. The molecule has 0 radical (unpaired) electrons. The predicted octanol–water partition coefficient (Wildman–Crippen LogP) is 1.26. The largest absolute Gasteiger partial charge is 0.545 e. The molecule has 0 unspecified atom stereocenters. The van der Waals surface area contributed by atoms with Gasteiger partial charge < -0.3 is 29.4 Å². The normalized spacial score (nSPS) is 19.4. The second-order valence-electron chi connectivity index (χ2n) is 8.57. The summed E-state index contributed by atoms with van der Waals surface area (Å²) in [6.45, 7) is 3.30. The van der Waals surface area contributed by atoms with Crippen LogP contribution in [0.1, 0.15) is 31.2 Å². The van der Waals surface area contributed by atoms with E-state index in [9.17, 15) is 19.5 Å². The van der Waals surface area contributed by atoms with Gasteiger partial charge in [-0.05, 0) is 36.6 Å². The second kappa shape index (κ2) is 14.7. The number of quaternary nitrogens is 1. The predicted molar refractivity (Wildman–Crippen MR) is 127 cm³/mol. The minimum absolute atomic E-state index is 0.0794. The van der Waals surface area contributed by atoms with E-state index in [1.54, 1.807) is 0 Å². The van der Waals surface area contributed by atoms with E-state index in [2.05, 4.69) is 19.2 Å². The number of rotatable bonds is 10. The number of hydrogen-bond donors (Lipinski definition) is 2. The average molecular weight is 484 g/mol. The number of para-hydroxylation sites is 1. The third kappa shape index (κ3) is 10.5. The number of carboxylic acid groups (broad SMARTS) is 2. The third-order valence-corrected chi connectivity index (χ3v) is 5.86. The molecule has 188 valence electrons. The highest BCUT2D eigenvalue weighted by Crippen LogP contribution is 2.35. The molecule has 8 heteroatoms. The van der Waals surface area contributed by atoms with Crippen LogP contribution >= 0.6 is 0 Å². The zero-order valence-corrected chi connectivity index (χ0v) is 20.0. The summed E-state index contributed by atoms with van der Waals surface area (Å²) in [7, 11) is 2.19. The molecule has 1 aliphatic heterocycles. The van der Waals surface area contributed by atoms with Gasteiger partial charge in [-0.1, -0.05) is 48.5 Å². The van der Waals surface area contributed by atoms with Crippen LogP contribution in [0.25, 0.3) is 0 Å². The van der Waals surface area contributed by atoms with Gasteiger partial charge in [-0.3, -0.25) is 4.79 Å². The summed E-state index contributed by atoms with van der Waals surface area (Å²) in [5, 5.41) is 17.2. The Labute approximate surface area is 205 Å². The summed E-state index contributed by atoms with van der Waals surface area (Å²) >= 11 is 0. The molecule has 35 heavy (non-hydrogen) atoms. The molecular formula is C27H33NO7. The Bertz CT molecular complexity index is 936. The van der Waals surface area contributed by atoms with E-state index in [0.717, 1.165) is 38.8 Å². The number of carbonyl (C=O) groups excluding carboxylic acids is 2. The van der Waals surface area contributed by atoms with Crippen LogP contribution < -0.4 is 14.7 Å². The van der Waals surface area contributed by atoms with Crippen molar-refractivity contribution in [3.63, 3.8) is 0 Å². The molecular weight excluding hydrogens is 450 g/mol. The fourth-order valence-corrected chi connectivity index (χ4v) is 3.83. The van der Waals surface area contributed by atoms with Gasteiger partial charge in [0.2, 0.25) is 0 Å². The number of likely N-dealkylation sites (tertiary alicyclic amines) is 1. The lowest BCUT2D eigenvalue weighted by molar-refractivity contribution is -0.887. The monoisotopic (exact) mass is 483 g/mol. The number of aliphatic carboxylic acids is 2. The highest BCUT2D eigenvalue weighted by molar-refractivity contribution is 5.88. The van der Waals surface area contributed by atoms with Gasteiger partial charge in [0.15, 0.2) is 0 Å². The quantitative estimate of drug-likeness (QED) is 0.226. The van der Waals surface area contributed by atoms with Gasteiger partial charge in [-0.15, -0.1) is 0 Å². The summed E-state index contributed by atoms with van der Waals surface area (Å²) < 4.78 is 11.5. The zero-order chi connectivity index (χ0) is 25.5. The van der Waals surface area contributed by atoms with Gasteiger partial charge in [0, 0.05) is 25.5 Å². The van der Waals surface area contributed by atoms with Crippen LogP contribution in [0, 0.1) is 5.41 Å². The van der Waals surface area contributed by atoms with E-state index in [4.69, 9.17) is 14.6 Å². The molecule has 1 saturated heterocycles. The molecule has 8 nitrogen and oxygen atoms in total. The Morgan fingerprint density at radius 1 is 1.00 bits per heavy atom. The van der Waals surface area contributed by atoms with Crippen molar-refractivity contribution >= 4 is 17.9 Å². The first kappa shape index (κ1) is 27.8. The lowest BCUT2D eigenvalue weighted by Crippen LogP contribution is -3.10. The van der Waals surface area contributed by atoms with Gasteiger partial charge in [0.1, 0.15) is 5.75 Å². The molecule has 0 amide bonds. The van der Waals surface area contributed by atoms with Gasteiger partial charge in [-0.2, -0.15) is 0 Å². The van der Waals surface area contributed by atoms with Crippen molar-refractivity contribution in [2.24, 2.45) is 5.41 Å². The molecule has 0 atom stereocenters. The number of carbonyl (C=O) groups is 3. The summed E-state index contributed by atoms with van der Waals surface area (Å²) in [6, 6.07) is 19.6. The maximum absolute atomic E-state index is 13.0. The van der Waals surface area contributed by atoms with Gasteiger partial charge in [0.05, 0.1) is 38.1 Å². The van der Waals surface area contributed by atoms with Crippen LogP contribution in [0.2, 0.25) is 0 Å². The maximum Gasteiger partial charge on any atom is 0.328 e. The number of benzene rings is 2. The molecule has 0 spiro atoms. The van der Waals surface area contributed by atoms with E-state index < -0.39 is 11.9 Å². The van der Waals surface area contributed by atoms with E-state index in [0.29, 0.717) is 31.1 Å². The first-order valence-electron chi connectivity index (χ1n) is 11.6. The Hall–Kier alpha value is -3.49. The minimum Gasteiger partial charge on any atom is -0.545 e. The molecule has 1 heterocycles. The minimum atomic E-state index is -1.51. The van der Waals surface area contributed by atoms with Crippen LogP contribution in [-0.4, -0.2) is 49.8 Å². The number of carboxylic acids is 2. The molecule has 3 rings (SSSR count). The molecule has 1 fully saturated rings. The molecule has 2 aromatic carbocycles. The fraction of sp³-hybridized carbons (Fsp3) is 0.370. The topological polar surface area (TPSA) is 117 Å². The maximum atomic E-state index is 13.0. The first-order valence-corrected chi connectivity index (χ1v) is 11.6. The van der Waals surface area contributed by atoms with Crippen molar-refractivity contribution in [1.29, 1.82) is 0 Å². The molecule has 0 aromatic heterocycles. The molecule has 0 aliphatic carbocycles. The molecule has 2 aromatic rings. The smallest absolute Gasteiger partial charge is 0.328 e. The van der Waals surface area contributed by atoms with Gasteiger partial charge >= 0.3 is 11.9 Å². The number of nitrogens with one attached hydrogen (secondary N) is 1. The number of esters is 1. The third-order valence-electron chi connectivity index (χ3n) is 5.86. The highest BCUT2D eigenvalue weighted by atomic mass is 16.5. The molecule has 1 aliphatic rings. The van der Waals surface area contributed by atoms with Crippen molar-refractivity contribution in [2.75, 3.05) is 26.7 Å². The molecule has 2 N–H and O–H groups in total. The Balaban J connectivity index is 0.000000466. The number of ether oxygens (including phenoxy) is 2. The average Bonchev–Trinajstić information content (AvgIpc) is 2.85. The van der Waals surface area contributed by atoms with Crippen molar-refractivity contribution < 1.29 is 39.0 Å². The lowest BCUT2D eigenvalue weighted by atomic mass is 9.75. The molecule has 0 bridgehead atoms. The number of hydrogen-bond acceptors (Lipinski definition) is 6. The fourth-order valence-electron chi connectivity index (χ4n) is 3.83. The van der Waals surface area contributed by atoms with Crippen molar-refractivity contribution in [3.05, 3.63) is 78.4 Å². The van der Waals surface area contributed by atoms with Crippen LogP contribution in [0.5, 0.6) is 5.75 Å². The zero-order valence-electron chi connectivity index (χ0n) is 20.0.